The number of ketones is 1. The second-order valence-corrected chi connectivity index (χ2v) is 7.64. The van der Waals surface area contributed by atoms with Crippen molar-refractivity contribution in [2.75, 3.05) is 4.90 Å². The molecule has 6 heteroatoms. The van der Waals surface area contributed by atoms with E-state index in [4.69, 9.17) is 16.3 Å². The van der Waals surface area contributed by atoms with Gasteiger partial charge in [-0.15, -0.1) is 0 Å². The van der Waals surface area contributed by atoms with Gasteiger partial charge >= 0.3 is 6.09 Å². The predicted octanol–water partition coefficient (Wildman–Crippen LogP) is 7.71. The SMILES string of the molecule is O=C(C=Cc1c(F)cccc1Cl)c1ccc(OC(=O)N(c2ccccc2)c2ccccc2)cc1. The third-order valence-corrected chi connectivity index (χ3v) is 5.29. The zero-order valence-corrected chi connectivity index (χ0v) is 18.7. The number of para-hydroxylation sites is 2. The number of rotatable bonds is 6. The minimum atomic E-state index is -0.592. The molecule has 0 saturated carbocycles. The smallest absolute Gasteiger partial charge is 0.410 e. The Labute approximate surface area is 201 Å². The van der Waals surface area contributed by atoms with Crippen molar-refractivity contribution in [1.82, 2.24) is 0 Å². The van der Waals surface area contributed by atoms with E-state index in [9.17, 15) is 14.0 Å². The number of benzene rings is 4. The Morgan fingerprint density at radius 1 is 0.765 bits per heavy atom. The fraction of sp³-hybridized carbons (Fsp3) is 0. The molecule has 0 spiro atoms. The molecule has 4 aromatic rings. The number of carbonyl (C=O) groups excluding carboxylic acids is 2. The maximum absolute atomic E-state index is 13.9. The first-order valence-corrected chi connectivity index (χ1v) is 10.8. The maximum Gasteiger partial charge on any atom is 0.424 e. The van der Waals surface area contributed by atoms with Crippen LogP contribution in [0.15, 0.2) is 109 Å². The van der Waals surface area contributed by atoms with Crippen LogP contribution in [-0.2, 0) is 0 Å². The molecule has 4 rings (SSSR count). The van der Waals surface area contributed by atoms with Gasteiger partial charge in [0.1, 0.15) is 11.6 Å². The predicted molar refractivity (Wildman–Crippen MR) is 132 cm³/mol. The van der Waals surface area contributed by atoms with Crippen molar-refractivity contribution in [1.29, 1.82) is 0 Å². The highest BCUT2D eigenvalue weighted by Gasteiger charge is 2.20. The van der Waals surface area contributed by atoms with Gasteiger partial charge in [-0.05, 0) is 72.8 Å². The van der Waals surface area contributed by atoms with Crippen molar-refractivity contribution in [2.45, 2.75) is 0 Å². The molecular weight excluding hydrogens is 453 g/mol. The van der Waals surface area contributed by atoms with E-state index in [0.29, 0.717) is 16.9 Å². The number of hydrogen-bond donors (Lipinski definition) is 0. The van der Waals surface area contributed by atoms with Gasteiger partial charge in [0.15, 0.2) is 5.78 Å². The summed E-state index contributed by atoms with van der Waals surface area (Å²) >= 11 is 5.99. The number of amides is 1. The number of allylic oxidation sites excluding steroid dienone is 1. The van der Waals surface area contributed by atoms with E-state index in [2.05, 4.69) is 0 Å². The summed E-state index contributed by atoms with van der Waals surface area (Å²) in [4.78, 5) is 27.0. The first-order valence-electron chi connectivity index (χ1n) is 10.4. The quantitative estimate of drug-likeness (QED) is 0.214. The van der Waals surface area contributed by atoms with Crippen LogP contribution < -0.4 is 9.64 Å². The minimum Gasteiger partial charge on any atom is -0.410 e. The fourth-order valence-electron chi connectivity index (χ4n) is 3.27. The molecule has 0 bridgehead atoms. The molecular formula is C28H19ClFNO3. The highest BCUT2D eigenvalue weighted by molar-refractivity contribution is 6.32. The summed E-state index contributed by atoms with van der Waals surface area (Å²) in [5, 5.41) is 0.215. The molecule has 0 aliphatic heterocycles. The van der Waals surface area contributed by atoms with Crippen LogP contribution >= 0.6 is 11.6 Å². The van der Waals surface area contributed by atoms with Crippen molar-refractivity contribution >= 4 is 40.9 Å². The van der Waals surface area contributed by atoms with E-state index in [1.165, 1.54) is 53.5 Å². The summed E-state index contributed by atoms with van der Waals surface area (Å²) < 4.78 is 19.5. The molecule has 1 amide bonds. The highest BCUT2D eigenvalue weighted by atomic mass is 35.5. The van der Waals surface area contributed by atoms with Gasteiger partial charge in [-0.3, -0.25) is 4.79 Å². The average molecular weight is 472 g/mol. The molecule has 0 fully saturated rings. The number of nitrogens with zero attached hydrogens (tertiary/aromatic N) is 1. The molecule has 4 aromatic carbocycles. The summed E-state index contributed by atoms with van der Waals surface area (Å²) in [5.41, 5.74) is 1.81. The van der Waals surface area contributed by atoms with E-state index in [-0.39, 0.29) is 22.1 Å². The van der Waals surface area contributed by atoms with E-state index < -0.39 is 11.9 Å². The second kappa shape index (κ2) is 10.6. The van der Waals surface area contributed by atoms with E-state index in [1.807, 2.05) is 60.7 Å². The van der Waals surface area contributed by atoms with E-state index in [0.717, 1.165) is 0 Å². The number of carbonyl (C=O) groups is 2. The van der Waals surface area contributed by atoms with Crippen molar-refractivity contribution < 1.29 is 18.7 Å². The summed E-state index contributed by atoms with van der Waals surface area (Å²) in [6.45, 7) is 0. The number of ether oxygens (including phenoxy) is 1. The standard InChI is InChI=1S/C28H19ClFNO3/c29-25-12-7-13-26(30)24(25)18-19-27(32)20-14-16-23(17-15-20)34-28(33)31(21-8-3-1-4-9-21)22-10-5-2-6-11-22/h1-19H. The lowest BCUT2D eigenvalue weighted by Gasteiger charge is -2.22. The van der Waals surface area contributed by atoms with E-state index in [1.54, 1.807) is 6.07 Å². The van der Waals surface area contributed by atoms with Gasteiger partial charge in [0.25, 0.3) is 0 Å². The summed E-state index contributed by atoms with van der Waals surface area (Å²) in [5.74, 6) is -0.577. The number of hydrogen-bond acceptors (Lipinski definition) is 3. The lowest BCUT2D eigenvalue weighted by molar-refractivity contribution is 0.104. The Balaban J connectivity index is 1.50. The van der Waals surface area contributed by atoms with Crippen molar-refractivity contribution in [3.63, 3.8) is 0 Å². The molecule has 0 unspecified atom stereocenters. The second-order valence-electron chi connectivity index (χ2n) is 7.23. The Kier molecular flexibility index (Phi) is 7.16. The lowest BCUT2D eigenvalue weighted by atomic mass is 10.1. The Hall–Kier alpha value is -4.22. The Morgan fingerprint density at radius 2 is 1.35 bits per heavy atom. The average Bonchev–Trinajstić information content (AvgIpc) is 2.85. The lowest BCUT2D eigenvalue weighted by Crippen LogP contribution is -2.29. The molecule has 34 heavy (non-hydrogen) atoms. The molecule has 4 nitrogen and oxygen atoms in total. The molecule has 0 heterocycles. The van der Waals surface area contributed by atoms with Crippen molar-refractivity contribution in [3.8, 4) is 5.75 Å². The summed E-state index contributed by atoms with van der Waals surface area (Å²) in [7, 11) is 0. The minimum absolute atomic E-state index is 0.144. The van der Waals surface area contributed by atoms with Gasteiger partial charge < -0.3 is 4.74 Å². The number of anilines is 2. The van der Waals surface area contributed by atoms with Gasteiger partial charge in [0.05, 0.1) is 16.4 Å². The summed E-state index contributed by atoms with van der Waals surface area (Å²) in [6, 6.07) is 28.7. The van der Waals surface area contributed by atoms with Crippen LogP contribution in [0.5, 0.6) is 5.75 Å². The Bertz CT molecular complexity index is 1260. The molecule has 0 aromatic heterocycles. The van der Waals surface area contributed by atoms with Gasteiger partial charge in [0.2, 0.25) is 0 Å². The monoisotopic (exact) mass is 471 g/mol. The molecule has 168 valence electrons. The zero-order valence-electron chi connectivity index (χ0n) is 17.9. The fourth-order valence-corrected chi connectivity index (χ4v) is 3.50. The third-order valence-electron chi connectivity index (χ3n) is 4.96. The molecule has 0 saturated heterocycles. The van der Waals surface area contributed by atoms with Crippen LogP contribution in [0.1, 0.15) is 15.9 Å². The van der Waals surface area contributed by atoms with Crippen molar-refractivity contribution in [3.05, 3.63) is 131 Å². The van der Waals surface area contributed by atoms with Crippen LogP contribution in [-0.4, -0.2) is 11.9 Å². The van der Waals surface area contributed by atoms with Crippen LogP contribution in [0, 0.1) is 5.82 Å². The van der Waals surface area contributed by atoms with Gasteiger partial charge in [-0.1, -0.05) is 54.1 Å². The van der Waals surface area contributed by atoms with Crippen LogP contribution in [0.2, 0.25) is 5.02 Å². The largest absolute Gasteiger partial charge is 0.424 e. The highest BCUT2D eigenvalue weighted by Crippen LogP contribution is 2.27. The number of halogens is 2. The third kappa shape index (κ3) is 5.39. The first kappa shape index (κ1) is 23.0. The van der Waals surface area contributed by atoms with Crippen LogP contribution in [0.25, 0.3) is 6.08 Å². The van der Waals surface area contributed by atoms with Gasteiger partial charge in [-0.2, -0.15) is 0 Å². The van der Waals surface area contributed by atoms with Crippen LogP contribution in [0.3, 0.4) is 0 Å². The molecule has 0 aliphatic carbocycles. The maximum atomic E-state index is 13.9. The Morgan fingerprint density at radius 3 is 1.91 bits per heavy atom. The first-order chi connectivity index (χ1) is 16.5. The molecule has 0 N–H and O–H groups in total. The molecule has 0 radical (unpaired) electrons. The van der Waals surface area contributed by atoms with Crippen LogP contribution in [0.4, 0.5) is 20.6 Å². The summed E-state index contributed by atoms with van der Waals surface area (Å²) in [6.07, 6.45) is 1.99. The molecule has 0 aliphatic rings. The topological polar surface area (TPSA) is 46.6 Å². The van der Waals surface area contributed by atoms with Crippen molar-refractivity contribution in [2.24, 2.45) is 0 Å². The van der Waals surface area contributed by atoms with Gasteiger partial charge in [0, 0.05) is 11.1 Å². The zero-order chi connectivity index (χ0) is 23.9. The molecule has 0 atom stereocenters. The van der Waals surface area contributed by atoms with Gasteiger partial charge in [-0.25, -0.2) is 14.1 Å². The van der Waals surface area contributed by atoms with E-state index >= 15 is 0 Å². The normalized spacial score (nSPS) is 10.8.